The fourth-order valence-corrected chi connectivity index (χ4v) is 4.27. The fraction of sp³-hybridized carbons (Fsp3) is 0.400. The minimum absolute atomic E-state index is 0. The lowest BCUT2D eigenvalue weighted by molar-refractivity contribution is 0.255. The van der Waals surface area contributed by atoms with Crippen molar-refractivity contribution in [2.45, 2.75) is 31.2 Å². The van der Waals surface area contributed by atoms with Crippen LogP contribution >= 0.6 is 23.7 Å². The molecule has 0 amide bonds. The summed E-state index contributed by atoms with van der Waals surface area (Å²) in [6.07, 6.45) is 5.23. The molecule has 6 heteroatoms. The Kier molecular flexibility index (Phi) is 3.58. The molecule has 0 atom stereocenters. The van der Waals surface area contributed by atoms with Crippen molar-refractivity contribution >= 4 is 34.6 Å². The molecule has 1 saturated carbocycles. The van der Waals surface area contributed by atoms with Crippen molar-refractivity contribution in [3.8, 4) is 0 Å². The Morgan fingerprint density at radius 1 is 1.38 bits per heavy atom. The fourth-order valence-electron chi connectivity index (χ4n) is 3.57. The summed E-state index contributed by atoms with van der Waals surface area (Å²) in [6.45, 7) is 1.69. The van der Waals surface area contributed by atoms with Crippen LogP contribution in [-0.2, 0) is 12.0 Å². The van der Waals surface area contributed by atoms with Gasteiger partial charge in [0, 0.05) is 34.3 Å². The highest BCUT2D eigenvalue weighted by Crippen LogP contribution is 2.53. The minimum atomic E-state index is -0.0477. The molecule has 1 fully saturated rings. The standard InChI is InChI=1S/C15H16FN3S.ClH/c16-11-3-1-4-12-13(11)15(5-2-6-15)9-19(12)8-10-7-18-14(17)20-10;/h1,3-4,7H,2,5-6,8-9H2,(H2,17,18);1H. The van der Waals surface area contributed by atoms with Crippen LogP contribution in [0.3, 0.4) is 0 Å². The number of rotatable bonds is 2. The van der Waals surface area contributed by atoms with E-state index < -0.39 is 0 Å². The maximum atomic E-state index is 14.3. The largest absolute Gasteiger partial charge is 0.375 e. The van der Waals surface area contributed by atoms with Gasteiger partial charge < -0.3 is 10.6 Å². The molecule has 21 heavy (non-hydrogen) atoms. The molecule has 0 unspecified atom stereocenters. The number of aromatic nitrogens is 1. The van der Waals surface area contributed by atoms with E-state index in [1.54, 1.807) is 12.1 Å². The highest BCUT2D eigenvalue weighted by molar-refractivity contribution is 7.15. The van der Waals surface area contributed by atoms with Crippen molar-refractivity contribution in [3.05, 3.63) is 40.7 Å². The van der Waals surface area contributed by atoms with E-state index in [4.69, 9.17) is 5.73 Å². The van der Waals surface area contributed by atoms with Gasteiger partial charge >= 0.3 is 0 Å². The number of halogens is 2. The number of thiazole rings is 1. The molecular weight excluding hydrogens is 309 g/mol. The Morgan fingerprint density at radius 3 is 2.81 bits per heavy atom. The quantitative estimate of drug-likeness (QED) is 0.914. The number of hydrogen-bond acceptors (Lipinski definition) is 4. The van der Waals surface area contributed by atoms with E-state index in [-0.39, 0.29) is 23.6 Å². The van der Waals surface area contributed by atoms with Gasteiger partial charge in [-0.1, -0.05) is 12.5 Å². The predicted octanol–water partition coefficient (Wildman–Crippen LogP) is 3.73. The molecule has 2 heterocycles. The van der Waals surface area contributed by atoms with E-state index in [1.165, 1.54) is 17.8 Å². The monoisotopic (exact) mass is 325 g/mol. The average molecular weight is 326 g/mol. The lowest BCUT2D eigenvalue weighted by Crippen LogP contribution is -2.39. The van der Waals surface area contributed by atoms with Gasteiger partial charge in [-0.3, -0.25) is 0 Å². The van der Waals surface area contributed by atoms with Gasteiger partial charge in [-0.2, -0.15) is 0 Å². The van der Waals surface area contributed by atoms with Crippen LogP contribution in [0, 0.1) is 5.82 Å². The zero-order chi connectivity index (χ0) is 13.7. The zero-order valence-corrected chi connectivity index (χ0v) is 13.1. The second kappa shape index (κ2) is 5.14. The molecular formula is C15H17ClFN3S. The second-order valence-corrected chi connectivity index (χ2v) is 6.94. The first-order valence-electron chi connectivity index (χ1n) is 6.92. The molecule has 0 radical (unpaired) electrons. The first-order chi connectivity index (χ1) is 9.68. The molecule has 1 aromatic heterocycles. The lowest BCUT2D eigenvalue weighted by Gasteiger charge is -2.39. The molecule has 1 spiro atoms. The second-order valence-electron chi connectivity index (χ2n) is 5.79. The molecule has 4 rings (SSSR count). The SMILES string of the molecule is Cl.Nc1ncc(CN2CC3(CCC3)c3c(F)cccc32)s1. The number of nitrogen functional groups attached to an aromatic ring is 1. The summed E-state index contributed by atoms with van der Waals surface area (Å²) in [5.74, 6) is -0.0477. The number of nitrogens with zero attached hydrogens (tertiary/aromatic N) is 2. The molecule has 3 nitrogen and oxygen atoms in total. The van der Waals surface area contributed by atoms with Crippen LogP contribution in [-0.4, -0.2) is 11.5 Å². The van der Waals surface area contributed by atoms with Gasteiger partial charge in [0.05, 0.1) is 6.54 Å². The summed E-state index contributed by atoms with van der Waals surface area (Å²) in [7, 11) is 0. The summed E-state index contributed by atoms with van der Waals surface area (Å²) in [5.41, 5.74) is 7.73. The van der Waals surface area contributed by atoms with Crippen molar-refractivity contribution in [1.82, 2.24) is 4.98 Å². The average Bonchev–Trinajstić information content (AvgIpc) is 2.93. The van der Waals surface area contributed by atoms with E-state index in [0.29, 0.717) is 5.13 Å². The molecule has 1 aliphatic carbocycles. The van der Waals surface area contributed by atoms with Gasteiger partial charge in [0.2, 0.25) is 0 Å². The van der Waals surface area contributed by atoms with Crippen molar-refractivity contribution in [3.63, 3.8) is 0 Å². The van der Waals surface area contributed by atoms with Crippen LogP contribution in [0.2, 0.25) is 0 Å². The third kappa shape index (κ3) is 2.19. The van der Waals surface area contributed by atoms with Crippen molar-refractivity contribution in [2.75, 3.05) is 17.2 Å². The van der Waals surface area contributed by atoms with E-state index in [9.17, 15) is 4.39 Å². The van der Waals surface area contributed by atoms with Gasteiger partial charge in [0.1, 0.15) is 5.82 Å². The number of anilines is 2. The summed E-state index contributed by atoms with van der Waals surface area (Å²) in [5, 5.41) is 0.594. The van der Waals surface area contributed by atoms with E-state index in [1.807, 2.05) is 12.3 Å². The molecule has 112 valence electrons. The van der Waals surface area contributed by atoms with Crippen LogP contribution in [0.5, 0.6) is 0 Å². The summed E-state index contributed by atoms with van der Waals surface area (Å²) in [4.78, 5) is 7.51. The Bertz CT molecular complexity index is 669. The molecule has 1 aliphatic heterocycles. The molecule has 0 saturated heterocycles. The third-order valence-electron chi connectivity index (χ3n) is 4.58. The Morgan fingerprint density at radius 2 is 2.19 bits per heavy atom. The summed E-state index contributed by atoms with van der Waals surface area (Å²) in [6, 6.07) is 5.43. The Balaban J connectivity index is 0.00000132. The molecule has 2 N–H and O–H groups in total. The molecule has 2 aromatic rings. The molecule has 0 bridgehead atoms. The predicted molar refractivity (Wildman–Crippen MR) is 86.8 cm³/mol. The molecule has 1 aromatic carbocycles. The smallest absolute Gasteiger partial charge is 0.180 e. The Hall–Kier alpha value is -1.33. The maximum Gasteiger partial charge on any atom is 0.180 e. The van der Waals surface area contributed by atoms with Gasteiger partial charge in [-0.25, -0.2) is 9.37 Å². The van der Waals surface area contributed by atoms with Gasteiger partial charge in [0.25, 0.3) is 0 Å². The van der Waals surface area contributed by atoms with Crippen molar-refractivity contribution in [2.24, 2.45) is 0 Å². The van der Waals surface area contributed by atoms with Gasteiger partial charge in [0.15, 0.2) is 5.13 Å². The Labute approximate surface area is 133 Å². The van der Waals surface area contributed by atoms with Gasteiger partial charge in [-0.05, 0) is 25.0 Å². The van der Waals surface area contributed by atoms with E-state index >= 15 is 0 Å². The van der Waals surface area contributed by atoms with Crippen molar-refractivity contribution < 1.29 is 4.39 Å². The van der Waals surface area contributed by atoms with Crippen LogP contribution in [0.4, 0.5) is 15.2 Å². The van der Waals surface area contributed by atoms with Crippen LogP contribution in [0.1, 0.15) is 29.7 Å². The first kappa shape index (κ1) is 14.6. The highest BCUT2D eigenvalue weighted by atomic mass is 35.5. The molecule has 2 aliphatic rings. The van der Waals surface area contributed by atoms with Crippen LogP contribution in [0.25, 0.3) is 0 Å². The number of benzene rings is 1. The van der Waals surface area contributed by atoms with Gasteiger partial charge in [-0.15, -0.1) is 23.7 Å². The normalized spacial score (nSPS) is 18.2. The summed E-state index contributed by atoms with van der Waals surface area (Å²) < 4.78 is 14.3. The third-order valence-corrected chi connectivity index (χ3v) is 5.40. The number of hydrogen-bond donors (Lipinski definition) is 1. The number of nitrogens with two attached hydrogens (primary N) is 1. The minimum Gasteiger partial charge on any atom is -0.375 e. The highest BCUT2D eigenvalue weighted by Gasteiger charge is 2.48. The summed E-state index contributed by atoms with van der Waals surface area (Å²) >= 11 is 1.51. The van der Waals surface area contributed by atoms with Crippen LogP contribution < -0.4 is 10.6 Å². The van der Waals surface area contributed by atoms with Crippen LogP contribution in [0.15, 0.2) is 24.4 Å². The zero-order valence-electron chi connectivity index (χ0n) is 11.5. The van der Waals surface area contributed by atoms with Crippen molar-refractivity contribution in [1.29, 1.82) is 0 Å². The number of fused-ring (bicyclic) bond motifs is 2. The van der Waals surface area contributed by atoms with E-state index in [2.05, 4.69) is 9.88 Å². The maximum absolute atomic E-state index is 14.3. The first-order valence-corrected chi connectivity index (χ1v) is 7.74. The lowest BCUT2D eigenvalue weighted by atomic mass is 9.65. The topological polar surface area (TPSA) is 42.1 Å². The van der Waals surface area contributed by atoms with E-state index in [0.717, 1.165) is 42.1 Å².